The first-order chi connectivity index (χ1) is 13.6. The number of hydrogen-bond acceptors (Lipinski definition) is 4. The van der Waals surface area contributed by atoms with Crippen molar-refractivity contribution in [2.45, 2.75) is 27.1 Å². The second-order valence-electron chi connectivity index (χ2n) is 6.67. The molecule has 0 aliphatic heterocycles. The van der Waals surface area contributed by atoms with Crippen LogP contribution in [0.1, 0.15) is 27.4 Å². The number of rotatable bonds is 6. The van der Waals surface area contributed by atoms with Gasteiger partial charge in [0.1, 0.15) is 6.67 Å². The summed E-state index contributed by atoms with van der Waals surface area (Å²) < 4.78 is 5.35. The van der Waals surface area contributed by atoms with Crippen molar-refractivity contribution in [2.75, 3.05) is 5.32 Å². The van der Waals surface area contributed by atoms with E-state index in [2.05, 4.69) is 20.6 Å². The molecule has 8 heteroatoms. The molecule has 0 radical (unpaired) electrons. The van der Waals surface area contributed by atoms with E-state index < -0.39 is 0 Å². The van der Waals surface area contributed by atoms with Crippen LogP contribution in [0.5, 0.6) is 0 Å². The zero-order valence-corrected chi connectivity index (χ0v) is 15.8. The molecule has 0 atom stereocenters. The second-order valence-corrected chi connectivity index (χ2v) is 6.67. The Hall–Kier alpha value is -3.68. The van der Waals surface area contributed by atoms with Crippen molar-refractivity contribution in [3.8, 4) is 0 Å². The van der Waals surface area contributed by atoms with Crippen LogP contribution in [0.15, 0.2) is 61.1 Å². The molecule has 0 aliphatic carbocycles. The van der Waals surface area contributed by atoms with Gasteiger partial charge in [0.15, 0.2) is 5.69 Å². The summed E-state index contributed by atoms with van der Waals surface area (Å²) >= 11 is 0. The van der Waals surface area contributed by atoms with Crippen LogP contribution >= 0.6 is 0 Å². The molecule has 3 heterocycles. The van der Waals surface area contributed by atoms with E-state index in [4.69, 9.17) is 0 Å². The molecule has 0 saturated carbocycles. The van der Waals surface area contributed by atoms with Crippen molar-refractivity contribution in [1.29, 1.82) is 0 Å². The van der Waals surface area contributed by atoms with E-state index in [0.29, 0.717) is 18.9 Å². The van der Waals surface area contributed by atoms with Gasteiger partial charge in [0.25, 0.3) is 5.91 Å². The van der Waals surface area contributed by atoms with E-state index in [1.807, 2.05) is 61.1 Å². The van der Waals surface area contributed by atoms with Crippen LogP contribution in [0.2, 0.25) is 0 Å². The summed E-state index contributed by atoms with van der Waals surface area (Å²) in [5, 5.41) is 15.8. The zero-order valence-electron chi connectivity index (χ0n) is 15.8. The molecule has 142 valence electrons. The standard InChI is InChI=1S/C20H21N7O/c1-15-11-16(2)27(23-15)13-17-5-3-6-18(12-17)22-20(28)19-7-10-26(24-19)14-25-9-4-8-21-25/h3-12H,13-14H2,1-2H3,(H,22,28). The highest BCUT2D eigenvalue weighted by Crippen LogP contribution is 2.14. The van der Waals surface area contributed by atoms with E-state index in [9.17, 15) is 4.79 Å². The fourth-order valence-electron chi connectivity index (χ4n) is 3.04. The van der Waals surface area contributed by atoms with Crippen LogP contribution in [0.4, 0.5) is 5.69 Å². The number of hydrogen-bond donors (Lipinski definition) is 1. The van der Waals surface area contributed by atoms with Gasteiger partial charge in [0, 0.05) is 30.0 Å². The summed E-state index contributed by atoms with van der Waals surface area (Å²) in [5.41, 5.74) is 4.25. The Labute approximate surface area is 162 Å². The first kappa shape index (κ1) is 17.7. The number of benzene rings is 1. The van der Waals surface area contributed by atoms with Gasteiger partial charge in [-0.2, -0.15) is 15.3 Å². The van der Waals surface area contributed by atoms with Crippen molar-refractivity contribution in [2.24, 2.45) is 0 Å². The van der Waals surface area contributed by atoms with Gasteiger partial charge in [-0.15, -0.1) is 0 Å². The summed E-state index contributed by atoms with van der Waals surface area (Å²) in [6, 6.07) is 13.3. The lowest BCUT2D eigenvalue weighted by Gasteiger charge is -2.08. The number of amides is 1. The molecule has 1 N–H and O–H groups in total. The van der Waals surface area contributed by atoms with Gasteiger partial charge in [-0.3, -0.25) is 18.8 Å². The van der Waals surface area contributed by atoms with E-state index in [-0.39, 0.29) is 5.91 Å². The predicted molar refractivity (Wildman–Crippen MR) is 105 cm³/mol. The Balaban J connectivity index is 1.43. The maximum absolute atomic E-state index is 12.5. The van der Waals surface area contributed by atoms with Crippen LogP contribution in [-0.4, -0.2) is 35.2 Å². The molecule has 0 spiro atoms. The lowest BCUT2D eigenvalue weighted by Crippen LogP contribution is -2.15. The average Bonchev–Trinajstić information content (AvgIpc) is 3.39. The summed E-state index contributed by atoms with van der Waals surface area (Å²) in [5.74, 6) is -0.248. The first-order valence-electron chi connectivity index (χ1n) is 8.99. The second kappa shape index (κ2) is 7.51. The highest BCUT2D eigenvalue weighted by Gasteiger charge is 2.11. The van der Waals surface area contributed by atoms with Crippen molar-refractivity contribution >= 4 is 11.6 Å². The van der Waals surface area contributed by atoms with Crippen molar-refractivity contribution in [1.82, 2.24) is 29.3 Å². The molecule has 4 rings (SSSR count). The SMILES string of the molecule is Cc1cc(C)n(Cc2cccc(NC(=O)c3ccn(Cn4cccn4)n3)c2)n1. The molecule has 0 fully saturated rings. The number of aromatic nitrogens is 6. The van der Waals surface area contributed by atoms with Crippen LogP contribution < -0.4 is 5.32 Å². The largest absolute Gasteiger partial charge is 0.321 e. The first-order valence-corrected chi connectivity index (χ1v) is 8.99. The quantitative estimate of drug-likeness (QED) is 0.562. The molecule has 3 aromatic heterocycles. The van der Waals surface area contributed by atoms with Gasteiger partial charge in [-0.25, -0.2) is 0 Å². The van der Waals surface area contributed by atoms with Gasteiger partial charge >= 0.3 is 0 Å². The third-order valence-corrected chi connectivity index (χ3v) is 4.34. The minimum Gasteiger partial charge on any atom is -0.321 e. The molecule has 0 unspecified atom stereocenters. The van der Waals surface area contributed by atoms with Gasteiger partial charge in [-0.1, -0.05) is 12.1 Å². The number of carbonyl (C=O) groups excluding carboxylic acids is 1. The van der Waals surface area contributed by atoms with E-state index >= 15 is 0 Å². The fraction of sp³-hybridized carbons (Fsp3) is 0.200. The predicted octanol–water partition coefficient (Wildman–Crippen LogP) is 2.70. The van der Waals surface area contributed by atoms with Gasteiger partial charge in [0.05, 0.1) is 12.2 Å². The number of carbonyl (C=O) groups is 1. The molecule has 8 nitrogen and oxygen atoms in total. The van der Waals surface area contributed by atoms with Crippen LogP contribution in [0.25, 0.3) is 0 Å². The molecule has 4 aromatic rings. The smallest absolute Gasteiger partial charge is 0.276 e. The summed E-state index contributed by atoms with van der Waals surface area (Å²) in [6.45, 7) is 5.12. The van der Waals surface area contributed by atoms with Crippen LogP contribution in [-0.2, 0) is 13.2 Å². The molecule has 0 saturated heterocycles. The molecule has 0 aliphatic rings. The lowest BCUT2D eigenvalue weighted by molar-refractivity contribution is 0.102. The minimum atomic E-state index is -0.248. The Morgan fingerprint density at radius 1 is 1.04 bits per heavy atom. The van der Waals surface area contributed by atoms with Gasteiger partial charge < -0.3 is 5.32 Å². The molecular weight excluding hydrogens is 354 g/mol. The number of anilines is 1. The Morgan fingerprint density at radius 3 is 2.68 bits per heavy atom. The molecule has 1 aromatic carbocycles. The molecular formula is C20H21N7O. The number of nitrogens with zero attached hydrogens (tertiary/aromatic N) is 6. The maximum Gasteiger partial charge on any atom is 0.276 e. The highest BCUT2D eigenvalue weighted by molar-refractivity contribution is 6.02. The fourth-order valence-corrected chi connectivity index (χ4v) is 3.04. The average molecular weight is 375 g/mol. The van der Waals surface area contributed by atoms with Crippen molar-refractivity contribution < 1.29 is 4.79 Å². The third kappa shape index (κ3) is 4.01. The van der Waals surface area contributed by atoms with E-state index in [1.165, 1.54) is 0 Å². The zero-order chi connectivity index (χ0) is 19.5. The van der Waals surface area contributed by atoms with Crippen LogP contribution in [0, 0.1) is 13.8 Å². The lowest BCUT2D eigenvalue weighted by atomic mass is 10.2. The van der Waals surface area contributed by atoms with Gasteiger partial charge in [-0.05, 0) is 49.7 Å². The topological polar surface area (TPSA) is 82.6 Å². The van der Waals surface area contributed by atoms with E-state index in [0.717, 1.165) is 22.6 Å². The minimum absolute atomic E-state index is 0.248. The Kier molecular flexibility index (Phi) is 4.76. The molecule has 0 bridgehead atoms. The van der Waals surface area contributed by atoms with Crippen LogP contribution in [0.3, 0.4) is 0 Å². The number of nitrogens with one attached hydrogen (secondary N) is 1. The Bertz CT molecular complexity index is 1090. The summed E-state index contributed by atoms with van der Waals surface area (Å²) in [6.07, 6.45) is 5.31. The molecule has 1 amide bonds. The van der Waals surface area contributed by atoms with Crippen molar-refractivity contribution in [3.05, 3.63) is 83.7 Å². The van der Waals surface area contributed by atoms with Gasteiger partial charge in [0.2, 0.25) is 0 Å². The highest BCUT2D eigenvalue weighted by atomic mass is 16.1. The van der Waals surface area contributed by atoms with E-state index in [1.54, 1.807) is 27.8 Å². The molecule has 28 heavy (non-hydrogen) atoms. The maximum atomic E-state index is 12.5. The third-order valence-electron chi connectivity index (χ3n) is 4.34. The Morgan fingerprint density at radius 2 is 1.93 bits per heavy atom. The summed E-state index contributed by atoms with van der Waals surface area (Å²) in [7, 11) is 0. The van der Waals surface area contributed by atoms with Crippen molar-refractivity contribution in [3.63, 3.8) is 0 Å². The normalized spacial score (nSPS) is 10.9. The monoisotopic (exact) mass is 375 g/mol. The number of aryl methyl sites for hydroxylation is 2. The summed E-state index contributed by atoms with van der Waals surface area (Å²) in [4.78, 5) is 12.5.